The highest BCUT2D eigenvalue weighted by atomic mass is 19.1. The van der Waals surface area contributed by atoms with Gasteiger partial charge in [-0.15, -0.1) is 0 Å². The van der Waals surface area contributed by atoms with Crippen molar-refractivity contribution in [3.8, 4) is 0 Å². The zero-order chi connectivity index (χ0) is 14.2. The van der Waals surface area contributed by atoms with Crippen LogP contribution >= 0.6 is 0 Å². The Kier molecular flexibility index (Phi) is 6.43. The maximum absolute atomic E-state index is 13.3. The van der Waals surface area contributed by atoms with Crippen LogP contribution in [0.3, 0.4) is 0 Å². The van der Waals surface area contributed by atoms with Crippen LogP contribution in [0.25, 0.3) is 0 Å². The van der Waals surface area contributed by atoms with Crippen LogP contribution in [-0.4, -0.2) is 30.9 Å². The third kappa shape index (κ3) is 5.99. The Morgan fingerprint density at radius 3 is 2.90 bits per heavy atom. The molecule has 1 unspecified atom stereocenters. The minimum absolute atomic E-state index is 0.200. The number of halogens is 1. The van der Waals surface area contributed by atoms with Gasteiger partial charge in [-0.25, -0.2) is 4.39 Å². The maximum atomic E-state index is 13.3. The Morgan fingerprint density at radius 2 is 2.15 bits per heavy atom. The van der Waals surface area contributed by atoms with Gasteiger partial charge in [-0.2, -0.15) is 0 Å². The van der Waals surface area contributed by atoms with E-state index in [9.17, 15) is 9.50 Å². The minimum atomic E-state index is -0.539. The Hall–Kier alpha value is -0.970. The number of benzene rings is 1. The van der Waals surface area contributed by atoms with E-state index < -0.39 is 6.10 Å². The number of ether oxygens (including phenoxy) is 1. The standard InChI is InChI=1S/C16H24FNO2/c17-16-6-2-1-5-14(16)11-20-12-15(19)10-18-9-3-4-13-7-8-13/h1-2,5-6,13,15,18-19H,3-4,7-12H2. The molecular formula is C16H24FNO2. The summed E-state index contributed by atoms with van der Waals surface area (Å²) in [5.41, 5.74) is 0.525. The molecule has 0 spiro atoms. The summed E-state index contributed by atoms with van der Waals surface area (Å²) in [5.74, 6) is 0.700. The van der Waals surface area contributed by atoms with Crippen molar-refractivity contribution in [2.24, 2.45) is 5.92 Å². The predicted octanol–water partition coefficient (Wildman–Crippen LogP) is 2.48. The van der Waals surface area contributed by atoms with Crippen molar-refractivity contribution in [2.75, 3.05) is 19.7 Å². The van der Waals surface area contributed by atoms with Crippen LogP contribution < -0.4 is 5.32 Å². The van der Waals surface area contributed by atoms with Gasteiger partial charge in [0.25, 0.3) is 0 Å². The minimum Gasteiger partial charge on any atom is -0.389 e. The van der Waals surface area contributed by atoms with Gasteiger partial charge in [0, 0.05) is 12.1 Å². The smallest absolute Gasteiger partial charge is 0.128 e. The third-order valence-corrected chi connectivity index (χ3v) is 3.57. The predicted molar refractivity (Wildman–Crippen MR) is 76.9 cm³/mol. The molecule has 1 aliphatic carbocycles. The van der Waals surface area contributed by atoms with Crippen molar-refractivity contribution in [2.45, 2.75) is 38.4 Å². The van der Waals surface area contributed by atoms with Gasteiger partial charge in [0.1, 0.15) is 5.82 Å². The zero-order valence-electron chi connectivity index (χ0n) is 11.9. The number of nitrogens with one attached hydrogen (secondary N) is 1. The maximum Gasteiger partial charge on any atom is 0.128 e. The first-order valence-electron chi connectivity index (χ1n) is 7.45. The van der Waals surface area contributed by atoms with E-state index in [1.165, 1.54) is 31.7 Å². The van der Waals surface area contributed by atoms with Crippen molar-refractivity contribution in [1.29, 1.82) is 0 Å². The Bertz CT molecular complexity index is 396. The average molecular weight is 281 g/mol. The first-order valence-corrected chi connectivity index (χ1v) is 7.45. The van der Waals surface area contributed by atoms with Crippen molar-refractivity contribution in [1.82, 2.24) is 5.32 Å². The van der Waals surface area contributed by atoms with Crippen LogP contribution in [0.1, 0.15) is 31.2 Å². The van der Waals surface area contributed by atoms with Gasteiger partial charge in [-0.3, -0.25) is 0 Å². The van der Waals surface area contributed by atoms with Crippen LogP contribution in [0.4, 0.5) is 4.39 Å². The highest BCUT2D eigenvalue weighted by Gasteiger charge is 2.19. The molecule has 0 heterocycles. The Labute approximate surface area is 120 Å². The van der Waals surface area contributed by atoms with Crippen LogP contribution in [0.2, 0.25) is 0 Å². The fourth-order valence-electron chi connectivity index (χ4n) is 2.17. The summed E-state index contributed by atoms with van der Waals surface area (Å²) < 4.78 is 18.7. The van der Waals surface area contributed by atoms with Crippen LogP contribution in [0.15, 0.2) is 24.3 Å². The van der Waals surface area contributed by atoms with Crippen molar-refractivity contribution >= 4 is 0 Å². The summed E-state index contributed by atoms with van der Waals surface area (Å²) in [6.45, 7) is 1.90. The number of hydrogen-bond donors (Lipinski definition) is 2. The molecular weight excluding hydrogens is 257 g/mol. The molecule has 0 bridgehead atoms. The van der Waals surface area contributed by atoms with E-state index in [0.29, 0.717) is 12.1 Å². The van der Waals surface area contributed by atoms with E-state index in [2.05, 4.69) is 5.32 Å². The fraction of sp³-hybridized carbons (Fsp3) is 0.625. The molecule has 2 rings (SSSR count). The molecule has 112 valence electrons. The fourth-order valence-corrected chi connectivity index (χ4v) is 2.17. The molecule has 1 saturated carbocycles. The summed E-state index contributed by atoms with van der Waals surface area (Å²) in [7, 11) is 0. The van der Waals surface area contributed by atoms with Crippen molar-refractivity contribution in [3.63, 3.8) is 0 Å². The Balaban J connectivity index is 1.49. The number of aliphatic hydroxyl groups is 1. The summed E-state index contributed by atoms with van der Waals surface area (Å²) in [6.07, 6.45) is 4.72. The monoisotopic (exact) mass is 281 g/mol. The second-order valence-corrected chi connectivity index (χ2v) is 5.55. The molecule has 1 aromatic carbocycles. The van der Waals surface area contributed by atoms with E-state index in [-0.39, 0.29) is 19.0 Å². The van der Waals surface area contributed by atoms with Crippen LogP contribution in [0.5, 0.6) is 0 Å². The lowest BCUT2D eigenvalue weighted by molar-refractivity contribution is 0.0279. The number of aliphatic hydroxyl groups excluding tert-OH is 1. The molecule has 0 amide bonds. The summed E-state index contributed by atoms with van der Waals surface area (Å²) in [6, 6.07) is 6.53. The topological polar surface area (TPSA) is 41.5 Å². The normalized spacial score (nSPS) is 16.3. The largest absolute Gasteiger partial charge is 0.389 e. The van der Waals surface area contributed by atoms with Gasteiger partial charge in [0.05, 0.1) is 19.3 Å². The van der Waals surface area contributed by atoms with Gasteiger partial charge < -0.3 is 15.2 Å². The molecule has 0 aliphatic heterocycles. The lowest BCUT2D eigenvalue weighted by Gasteiger charge is -2.12. The number of rotatable bonds is 10. The molecule has 1 atom stereocenters. The van der Waals surface area contributed by atoms with Gasteiger partial charge in [-0.05, 0) is 31.4 Å². The zero-order valence-corrected chi connectivity index (χ0v) is 11.9. The molecule has 1 aromatic rings. The molecule has 0 aromatic heterocycles. The highest BCUT2D eigenvalue weighted by molar-refractivity contribution is 5.16. The molecule has 4 heteroatoms. The van der Waals surface area contributed by atoms with Crippen LogP contribution in [-0.2, 0) is 11.3 Å². The lowest BCUT2D eigenvalue weighted by atomic mass is 10.2. The lowest BCUT2D eigenvalue weighted by Crippen LogP contribution is -2.31. The van der Waals surface area contributed by atoms with Gasteiger partial charge >= 0.3 is 0 Å². The molecule has 1 aliphatic rings. The van der Waals surface area contributed by atoms with Crippen LogP contribution in [0, 0.1) is 11.7 Å². The molecule has 20 heavy (non-hydrogen) atoms. The van der Waals surface area contributed by atoms with Crippen molar-refractivity contribution in [3.05, 3.63) is 35.6 Å². The van der Waals surface area contributed by atoms with E-state index in [1.54, 1.807) is 18.2 Å². The summed E-state index contributed by atoms with van der Waals surface area (Å²) in [4.78, 5) is 0. The van der Waals surface area contributed by atoms with E-state index in [4.69, 9.17) is 4.74 Å². The first kappa shape index (κ1) is 15.4. The molecule has 2 N–H and O–H groups in total. The SMILES string of the molecule is OC(CNCCCC1CC1)COCc1ccccc1F. The molecule has 1 fully saturated rings. The van der Waals surface area contributed by atoms with Gasteiger partial charge in [0.15, 0.2) is 0 Å². The second-order valence-electron chi connectivity index (χ2n) is 5.55. The van der Waals surface area contributed by atoms with E-state index in [1.807, 2.05) is 0 Å². The average Bonchev–Trinajstić information content (AvgIpc) is 3.25. The molecule has 0 radical (unpaired) electrons. The summed E-state index contributed by atoms with van der Waals surface area (Å²) in [5, 5.41) is 13.0. The Morgan fingerprint density at radius 1 is 1.35 bits per heavy atom. The number of hydrogen-bond acceptors (Lipinski definition) is 3. The van der Waals surface area contributed by atoms with E-state index >= 15 is 0 Å². The van der Waals surface area contributed by atoms with Gasteiger partial charge in [-0.1, -0.05) is 31.0 Å². The first-order chi connectivity index (χ1) is 9.75. The quantitative estimate of drug-likeness (QED) is 0.647. The molecule has 3 nitrogen and oxygen atoms in total. The van der Waals surface area contributed by atoms with Gasteiger partial charge in [0.2, 0.25) is 0 Å². The molecule has 0 saturated heterocycles. The van der Waals surface area contributed by atoms with Crippen molar-refractivity contribution < 1.29 is 14.2 Å². The summed E-state index contributed by atoms with van der Waals surface area (Å²) >= 11 is 0. The highest BCUT2D eigenvalue weighted by Crippen LogP contribution is 2.33. The van der Waals surface area contributed by atoms with E-state index in [0.717, 1.165) is 12.5 Å². The second kappa shape index (κ2) is 8.35. The third-order valence-electron chi connectivity index (χ3n) is 3.57.